The lowest BCUT2D eigenvalue weighted by atomic mass is 9.88. The first-order chi connectivity index (χ1) is 18.6. The average molecular weight is 516 g/mol. The smallest absolute Gasteiger partial charge is 0.335 e. The molecule has 5 nitrogen and oxygen atoms in total. The van der Waals surface area contributed by atoms with Gasteiger partial charge in [0.1, 0.15) is 5.82 Å². The molecule has 5 heteroatoms. The van der Waals surface area contributed by atoms with Gasteiger partial charge in [-0.2, -0.15) is 0 Å². The summed E-state index contributed by atoms with van der Waals surface area (Å²) in [5.74, 6) is 0.885. The Kier molecular flexibility index (Phi) is 10.6. The third kappa shape index (κ3) is 7.35. The van der Waals surface area contributed by atoms with Crippen LogP contribution in [0.25, 0.3) is 11.4 Å². The minimum atomic E-state index is -0.863. The molecule has 0 aliphatic heterocycles. The van der Waals surface area contributed by atoms with Crippen LogP contribution in [0.15, 0.2) is 60.8 Å². The molecule has 1 aliphatic rings. The van der Waals surface area contributed by atoms with E-state index in [9.17, 15) is 9.90 Å². The Morgan fingerprint density at radius 2 is 1.79 bits per heavy atom. The lowest BCUT2D eigenvalue weighted by Crippen LogP contribution is -2.35. The summed E-state index contributed by atoms with van der Waals surface area (Å²) in [7, 11) is 0. The second kappa shape index (κ2) is 14.3. The van der Waals surface area contributed by atoms with Gasteiger partial charge in [-0.3, -0.25) is 4.90 Å². The van der Waals surface area contributed by atoms with Crippen LogP contribution in [-0.2, 0) is 13.1 Å². The van der Waals surface area contributed by atoms with Gasteiger partial charge in [-0.05, 0) is 49.3 Å². The summed E-state index contributed by atoms with van der Waals surface area (Å²) < 4.78 is 2.47. The highest BCUT2D eigenvalue weighted by molar-refractivity contribution is 5.87. The van der Waals surface area contributed by atoms with Crippen molar-refractivity contribution >= 4 is 5.97 Å². The van der Waals surface area contributed by atoms with Crippen molar-refractivity contribution in [1.29, 1.82) is 0 Å². The molecular formula is C33H45N3O2. The number of carboxylic acids is 1. The SMILES string of the molecule is CCCCC(c1cnc(-c2ccccc2)n1CCCC)N(Cc1cccc(C(=O)O)c1)CC1CCCCC1. The highest BCUT2D eigenvalue weighted by Crippen LogP contribution is 2.35. The fourth-order valence-corrected chi connectivity index (χ4v) is 5.98. The van der Waals surface area contributed by atoms with Crippen molar-refractivity contribution in [3.05, 3.63) is 77.6 Å². The van der Waals surface area contributed by atoms with Gasteiger partial charge in [-0.25, -0.2) is 9.78 Å². The summed E-state index contributed by atoms with van der Waals surface area (Å²) in [6.07, 6.45) is 14.3. The number of carboxylic acid groups (broad SMARTS) is 1. The van der Waals surface area contributed by atoms with Gasteiger partial charge in [-0.1, -0.05) is 94.8 Å². The quantitative estimate of drug-likeness (QED) is 0.234. The van der Waals surface area contributed by atoms with Crippen LogP contribution < -0.4 is 0 Å². The third-order valence-corrected chi connectivity index (χ3v) is 8.04. The molecule has 0 bridgehead atoms. The molecule has 1 unspecified atom stereocenters. The summed E-state index contributed by atoms with van der Waals surface area (Å²) in [5, 5.41) is 9.61. The summed E-state index contributed by atoms with van der Waals surface area (Å²) in [6.45, 7) is 7.28. The van der Waals surface area contributed by atoms with E-state index in [2.05, 4.69) is 65.9 Å². The van der Waals surface area contributed by atoms with Crippen LogP contribution in [0.2, 0.25) is 0 Å². The second-order valence-corrected chi connectivity index (χ2v) is 11.0. The predicted molar refractivity (Wildman–Crippen MR) is 155 cm³/mol. The van der Waals surface area contributed by atoms with E-state index < -0.39 is 5.97 Å². The zero-order valence-electron chi connectivity index (χ0n) is 23.3. The molecule has 3 aromatic rings. The van der Waals surface area contributed by atoms with E-state index >= 15 is 0 Å². The highest BCUT2D eigenvalue weighted by atomic mass is 16.4. The summed E-state index contributed by atoms with van der Waals surface area (Å²) in [5.41, 5.74) is 3.91. The molecule has 0 amide bonds. The topological polar surface area (TPSA) is 58.4 Å². The van der Waals surface area contributed by atoms with Crippen molar-refractivity contribution in [3.63, 3.8) is 0 Å². The standard InChI is InChI=1S/C33H45N3O2/c1-3-5-20-30(31-23-34-32(36(31)21-6-4-2)28-17-11-8-12-18-28)35(24-26-14-9-7-10-15-26)25-27-16-13-19-29(22-27)33(37)38/h8,11-13,16-19,22-23,26,30H,3-7,9-10,14-15,20-21,24-25H2,1-2H3,(H,37,38). The molecular weight excluding hydrogens is 470 g/mol. The van der Waals surface area contributed by atoms with Crippen molar-refractivity contribution in [1.82, 2.24) is 14.5 Å². The molecule has 2 aromatic carbocycles. The maximum atomic E-state index is 11.7. The Hall–Kier alpha value is -2.92. The Bertz CT molecular complexity index is 1130. The van der Waals surface area contributed by atoms with E-state index in [1.165, 1.54) is 37.8 Å². The van der Waals surface area contributed by atoms with E-state index in [1.54, 1.807) is 6.07 Å². The molecule has 1 fully saturated rings. The molecule has 0 spiro atoms. The number of hydrogen-bond acceptors (Lipinski definition) is 3. The number of imidazole rings is 1. The first-order valence-corrected chi connectivity index (χ1v) is 14.8. The second-order valence-electron chi connectivity index (χ2n) is 11.0. The van der Waals surface area contributed by atoms with Crippen molar-refractivity contribution < 1.29 is 9.90 Å². The molecule has 1 heterocycles. The maximum absolute atomic E-state index is 11.7. The number of unbranched alkanes of at least 4 members (excludes halogenated alkanes) is 2. The lowest BCUT2D eigenvalue weighted by Gasteiger charge is -2.36. The van der Waals surface area contributed by atoms with Crippen LogP contribution in [0.1, 0.15) is 106 Å². The predicted octanol–water partition coefficient (Wildman–Crippen LogP) is 8.36. The Labute approximate surface area is 228 Å². The summed E-state index contributed by atoms with van der Waals surface area (Å²) in [4.78, 5) is 19.4. The third-order valence-electron chi connectivity index (χ3n) is 8.04. The Morgan fingerprint density at radius 1 is 1.03 bits per heavy atom. The van der Waals surface area contributed by atoms with E-state index in [0.717, 1.165) is 68.7 Å². The molecule has 0 radical (unpaired) electrons. The van der Waals surface area contributed by atoms with Crippen LogP contribution in [0.3, 0.4) is 0 Å². The number of aromatic nitrogens is 2. The van der Waals surface area contributed by atoms with Crippen molar-refractivity contribution in [3.8, 4) is 11.4 Å². The minimum absolute atomic E-state index is 0.243. The van der Waals surface area contributed by atoms with Gasteiger partial charge in [0.25, 0.3) is 0 Å². The van der Waals surface area contributed by atoms with Crippen LogP contribution in [-0.4, -0.2) is 32.1 Å². The molecule has 1 aromatic heterocycles. The molecule has 1 N–H and O–H groups in total. The summed E-state index contributed by atoms with van der Waals surface area (Å²) in [6, 6.07) is 18.3. The maximum Gasteiger partial charge on any atom is 0.335 e. The largest absolute Gasteiger partial charge is 0.478 e. The normalized spacial score (nSPS) is 15.1. The zero-order valence-corrected chi connectivity index (χ0v) is 23.3. The lowest BCUT2D eigenvalue weighted by molar-refractivity contribution is 0.0696. The summed E-state index contributed by atoms with van der Waals surface area (Å²) >= 11 is 0. The molecule has 1 aliphatic carbocycles. The van der Waals surface area contributed by atoms with Crippen LogP contribution in [0, 0.1) is 5.92 Å². The number of aromatic carboxylic acids is 1. The first-order valence-electron chi connectivity index (χ1n) is 14.8. The first kappa shape index (κ1) is 28.1. The van der Waals surface area contributed by atoms with Crippen molar-refractivity contribution in [2.45, 2.75) is 97.2 Å². The zero-order chi connectivity index (χ0) is 26.7. The van der Waals surface area contributed by atoms with Gasteiger partial charge in [0.15, 0.2) is 0 Å². The van der Waals surface area contributed by atoms with Gasteiger partial charge in [-0.15, -0.1) is 0 Å². The number of rotatable bonds is 14. The number of benzene rings is 2. The van der Waals surface area contributed by atoms with E-state index in [1.807, 2.05) is 12.1 Å². The molecule has 0 saturated heterocycles. The van der Waals surface area contributed by atoms with Crippen LogP contribution in [0.5, 0.6) is 0 Å². The molecule has 1 saturated carbocycles. The average Bonchev–Trinajstić information content (AvgIpc) is 3.36. The fourth-order valence-electron chi connectivity index (χ4n) is 5.98. The molecule has 204 valence electrons. The highest BCUT2D eigenvalue weighted by Gasteiger charge is 2.28. The van der Waals surface area contributed by atoms with Crippen LogP contribution >= 0.6 is 0 Å². The molecule has 38 heavy (non-hydrogen) atoms. The van der Waals surface area contributed by atoms with Gasteiger partial charge in [0.2, 0.25) is 0 Å². The van der Waals surface area contributed by atoms with Gasteiger partial charge >= 0.3 is 5.97 Å². The monoisotopic (exact) mass is 515 g/mol. The fraction of sp³-hybridized carbons (Fsp3) is 0.515. The van der Waals surface area contributed by atoms with E-state index in [-0.39, 0.29) is 6.04 Å². The van der Waals surface area contributed by atoms with Gasteiger partial charge < -0.3 is 9.67 Å². The van der Waals surface area contributed by atoms with Gasteiger partial charge in [0.05, 0.1) is 23.5 Å². The number of carbonyl (C=O) groups is 1. The van der Waals surface area contributed by atoms with E-state index in [0.29, 0.717) is 11.5 Å². The number of hydrogen-bond donors (Lipinski definition) is 1. The van der Waals surface area contributed by atoms with Crippen molar-refractivity contribution in [2.75, 3.05) is 6.54 Å². The van der Waals surface area contributed by atoms with E-state index in [4.69, 9.17) is 4.98 Å². The number of nitrogens with zero attached hydrogens (tertiary/aromatic N) is 3. The Morgan fingerprint density at radius 3 is 2.50 bits per heavy atom. The van der Waals surface area contributed by atoms with Crippen molar-refractivity contribution in [2.24, 2.45) is 5.92 Å². The molecule has 1 atom stereocenters. The van der Waals surface area contributed by atoms with Gasteiger partial charge in [0, 0.05) is 25.2 Å². The van der Waals surface area contributed by atoms with Crippen LogP contribution in [0.4, 0.5) is 0 Å². The minimum Gasteiger partial charge on any atom is -0.478 e. The Balaban J connectivity index is 1.74. The molecule has 4 rings (SSSR count).